The Kier molecular flexibility index (Phi) is 7.07. The average Bonchev–Trinajstić information content (AvgIpc) is 3.17. The second kappa shape index (κ2) is 10.0. The van der Waals surface area contributed by atoms with Crippen molar-refractivity contribution in [2.24, 2.45) is 0 Å². The van der Waals surface area contributed by atoms with Crippen LogP contribution in [0.4, 0.5) is 9.18 Å². The third kappa shape index (κ3) is 5.67. The Bertz CT molecular complexity index is 1160. The molecule has 6 nitrogen and oxygen atoms in total. The van der Waals surface area contributed by atoms with Crippen LogP contribution in [0.2, 0.25) is 0 Å². The van der Waals surface area contributed by atoms with Crippen LogP contribution in [-0.4, -0.2) is 41.6 Å². The molecule has 180 valence electrons. The molecule has 1 fully saturated rings. The fourth-order valence-electron chi connectivity index (χ4n) is 3.99. The molecule has 2 aromatic carbocycles. The average molecular weight is 485 g/mol. The largest absolute Gasteiger partial charge is 0.489 e. The number of nitrogens with zero attached hydrogens (tertiary/aromatic N) is 1. The second-order valence-electron chi connectivity index (χ2n) is 9.34. The molecular formula is C26H29FN2O4S. The summed E-state index contributed by atoms with van der Waals surface area (Å²) in [4.78, 5) is 27.8. The van der Waals surface area contributed by atoms with Crippen LogP contribution in [0.1, 0.15) is 48.8 Å². The van der Waals surface area contributed by atoms with Crippen LogP contribution in [0.5, 0.6) is 5.75 Å². The van der Waals surface area contributed by atoms with Crippen LogP contribution >= 0.6 is 11.3 Å². The summed E-state index contributed by atoms with van der Waals surface area (Å²) in [5.41, 5.74) is 0.0102. The van der Waals surface area contributed by atoms with Crippen LogP contribution in [0, 0.1) is 5.82 Å². The molecule has 0 radical (unpaired) electrons. The lowest BCUT2D eigenvalue weighted by molar-refractivity contribution is 0.0474. The Morgan fingerprint density at radius 2 is 1.79 bits per heavy atom. The van der Waals surface area contributed by atoms with Gasteiger partial charge in [0.25, 0.3) is 5.91 Å². The van der Waals surface area contributed by atoms with Gasteiger partial charge in [0.2, 0.25) is 0 Å². The minimum absolute atomic E-state index is 0.0559. The van der Waals surface area contributed by atoms with Crippen molar-refractivity contribution < 1.29 is 23.5 Å². The number of likely N-dealkylation sites (tertiary alicyclic amines) is 1. The minimum Gasteiger partial charge on any atom is -0.489 e. The highest BCUT2D eigenvalue weighted by Crippen LogP contribution is 2.35. The quantitative estimate of drug-likeness (QED) is 0.501. The molecule has 1 N–H and O–H groups in total. The molecule has 2 amide bonds. The standard InChI is InChI=1S/C26H29FN2O4S/c1-26(2,3)33-25(31)28-17-12-14-29(15-13-17)24(30)23-19(16-32-18-8-5-4-6-9-18)22-20(27)10-7-11-21(22)34-23/h4-11,17H,12-16H2,1-3H3,(H,28,31). The molecule has 34 heavy (non-hydrogen) atoms. The first kappa shape index (κ1) is 24.0. The Labute approximate surface area is 202 Å². The van der Waals surface area contributed by atoms with Crippen LogP contribution in [0.15, 0.2) is 48.5 Å². The van der Waals surface area contributed by atoms with Crippen LogP contribution in [0.3, 0.4) is 0 Å². The lowest BCUT2D eigenvalue weighted by Crippen LogP contribution is -2.47. The third-order valence-corrected chi connectivity index (χ3v) is 6.77. The fourth-order valence-corrected chi connectivity index (χ4v) is 5.18. The number of carbonyl (C=O) groups excluding carboxylic acids is 2. The lowest BCUT2D eigenvalue weighted by atomic mass is 10.0. The Balaban J connectivity index is 1.48. The Morgan fingerprint density at radius 1 is 1.09 bits per heavy atom. The Morgan fingerprint density at radius 3 is 2.47 bits per heavy atom. The van der Waals surface area contributed by atoms with E-state index in [2.05, 4.69) is 5.32 Å². The number of thiophene rings is 1. The van der Waals surface area contributed by atoms with Crippen molar-refractivity contribution in [3.05, 3.63) is 64.8 Å². The van der Waals surface area contributed by atoms with E-state index in [1.807, 2.05) is 57.2 Å². The summed E-state index contributed by atoms with van der Waals surface area (Å²) in [6, 6.07) is 14.1. The molecule has 0 aliphatic carbocycles. The van der Waals surface area contributed by atoms with E-state index in [1.165, 1.54) is 17.4 Å². The van der Waals surface area contributed by atoms with Gasteiger partial charge in [-0.25, -0.2) is 9.18 Å². The molecule has 1 aliphatic rings. The van der Waals surface area contributed by atoms with Crippen molar-refractivity contribution >= 4 is 33.4 Å². The number of ether oxygens (including phenoxy) is 2. The van der Waals surface area contributed by atoms with Gasteiger partial charge in [-0.05, 0) is 57.9 Å². The maximum atomic E-state index is 14.8. The SMILES string of the molecule is CC(C)(C)OC(=O)NC1CCN(C(=O)c2sc3cccc(F)c3c2COc2ccccc2)CC1. The zero-order chi connectivity index (χ0) is 24.3. The highest BCUT2D eigenvalue weighted by molar-refractivity contribution is 7.21. The van der Waals surface area contributed by atoms with Gasteiger partial charge < -0.3 is 19.7 Å². The highest BCUT2D eigenvalue weighted by Gasteiger charge is 2.29. The first-order valence-electron chi connectivity index (χ1n) is 11.4. The van der Waals surface area contributed by atoms with Gasteiger partial charge in [0.15, 0.2) is 0 Å². The molecule has 0 bridgehead atoms. The number of amides is 2. The van der Waals surface area contributed by atoms with Crippen molar-refractivity contribution in [1.82, 2.24) is 10.2 Å². The van der Waals surface area contributed by atoms with E-state index in [4.69, 9.17) is 9.47 Å². The lowest BCUT2D eigenvalue weighted by Gasteiger charge is -2.32. The molecule has 1 aromatic heterocycles. The van der Waals surface area contributed by atoms with Crippen molar-refractivity contribution in [2.45, 2.75) is 51.9 Å². The minimum atomic E-state index is -0.560. The normalized spacial score (nSPS) is 14.8. The number of hydrogen-bond acceptors (Lipinski definition) is 5. The predicted octanol–water partition coefficient (Wildman–Crippen LogP) is 5.75. The molecule has 1 aliphatic heterocycles. The third-order valence-electron chi connectivity index (χ3n) is 5.59. The predicted molar refractivity (Wildman–Crippen MR) is 131 cm³/mol. The number of benzene rings is 2. The van der Waals surface area contributed by atoms with E-state index in [0.717, 1.165) is 4.70 Å². The van der Waals surface area contributed by atoms with Gasteiger partial charge in [-0.3, -0.25) is 4.79 Å². The number of hydrogen-bond donors (Lipinski definition) is 1. The van der Waals surface area contributed by atoms with E-state index in [9.17, 15) is 14.0 Å². The topological polar surface area (TPSA) is 67.9 Å². The number of carbonyl (C=O) groups is 2. The molecule has 3 aromatic rings. The van der Waals surface area contributed by atoms with Crippen molar-refractivity contribution in [2.75, 3.05) is 13.1 Å². The number of alkyl carbamates (subject to hydrolysis) is 1. The fraction of sp³-hybridized carbons (Fsp3) is 0.385. The molecular weight excluding hydrogens is 455 g/mol. The second-order valence-corrected chi connectivity index (χ2v) is 10.4. The van der Waals surface area contributed by atoms with E-state index >= 15 is 0 Å². The number of fused-ring (bicyclic) bond motifs is 1. The summed E-state index contributed by atoms with van der Waals surface area (Å²) in [5, 5.41) is 3.33. The van der Waals surface area contributed by atoms with Crippen LogP contribution in [0.25, 0.3) is 10.1 Å². The maximum absolute atomic E-state index is 14.8. The smallest absolute Gasteiger partial charge is 0.407 e. The molecule has 4 rings (SSSR count). The molecule has 1 saturated heterocycles. The first-order chi connectivity index (χ1) is 16.2. The summed E-state index contributed by atoms with van der Waals surface area (Å²) >= 11 is 1.29. The van der Waals surface area contributed by atoms with Gasteiger partial charge in [0, 0.05) is 34.8 Å². The highest BCUT2D eigenvalue weighted by atomic mass is 32.1. The summed E-state index contributed by atoms with van der Waals surface area (Å²) in [6.45, 7) is 6.55. The van der Waals surface area contributed by atoms with E-state index in [1.54, 1.807) is 11.0 Å². The number of nitrogens with one attached hydrogen (secondary N) is 1. The van der Waals surface area contributed by atoms with Gasteiger partial charge in [0.05, 0.1) is 4.88 Å². The zero-order valence-corrected chi connectivity index (χ0v) is 20.4. The summed E-state index contributed by atoms with van der Waals surface area (Å²) in [6.07, 6.45) is 0.804. The Hall–Kier alpha value is -3.13. The molecule has 0 atom stereocenters. The summed E-state index contributed by atoms with van der Waals surface area (Å²) < 4.78 is 26.7. The zero-order valence-electron chi connectivity index (χ0n) is 19.6. The summed E-state index contributed by atoms with van der Waals surface area (Å²) in [5.74, 6) is 0.160. The first-order valence-corrected chi connectivity index (χ1v) is 12.2. The molecule has 2 heterocycles. The number of halogens is 1. The van der Waals surface area contributed by atoms with Gasteiger partial charge in [-0.2, -0.15) is 0 Å². The number of rotatable bonds is 5. The molecule has 0 spiro atoms. The molecule has 8 heteroatoms. The van der Waals surface area contributed by atoms with Crippen molar-refractivity contribution in [1.29, 1.82) is 0 Å². The van der Waals surface area contributed by atoms with Gasteiger partial charge in [-0.15, -0.1) is 11.3 Å². The monoisotopic (exact) mass is 484 g/mol. The van der Waals surface area contributed by atoms with Crippen LogP contribution < -0.4 is 10.1 Å². The molecule has 0 saturated carbocycles. The maximum Gasteiger partial charge on any atom is 0.407 e. The van der Waals surface area contributed by atoms with Crippen molar-refractivity contribution in [3.8, 4) is 5.75 Å². The van der Waals surface area contributed by atoms with E-state index < -0.39 is 11.7 Å². The van der Waals surface area contributed by atoms with Crippen LogP contribution in [-0.2, 0) is 11.3 Å². The van der Waals surface area contributed by atoms with Gasteiger partial charge >= 0.3 is 6.09 Å². The van der Waals surface area contributed by atoms with E-state index in [0.29, 0.717) is 47.5 Å². The van der Waals surface area contributed by atoms with Crippen molar-refractivity contribution in [3.63, 3.8) is 0 Å². The number of piperidine rings is 1. The number of para-hydroxylation sites is 1. The summed E-state index contributed by atoms with van der Waals surface area (Å²) in [7, 11) is 0. The molecule has 0 unspecified atom stereocenters. The van der Waals surface area contributed by atoms with Gasteiger partial charge in [-0.1, -0.05) is 24.3 Å². The van der Waals surface area contributed by atoms with Gasteiger partial charge in [0.1, 0.15) is 23.8 Å². The van der Waals surface area contributed by atoms with E-state index in [-0.39, 0.29) is 24.4 Å².